The van der Waals surface area contributed by atoms with Crippen LogP contribution in [-0.2, 0) is 0 Å². The summed E-state index contributed by atoms with van der Waals surface area (Å²) in [5.41, 5.74) is 0. The summed E-state index contributed by atoms with van der Waals surface area (Å²) in [7, 11) is 0. The number of hydrogen-bond donors (Lipinski definition) is 1. The van der Waals surface area contributed by atoms with Gasteiger partial charge in [0.2, 0.25) is 0 Å². The largest absolute Gasteiger partial charge is 0.314 e. The van der Waals surface area contributed by atoms with Crippen molar-refractivity contribution in [3.63, 3.8) is 0 Å². The zero-order valence-electron chi connectivity index (χ0n) is 10.2. The van der Waals surface area contributed by atoms with E-state index in [9.17, 15) is 0 Å². The van der Waals surface area contributed by atoms with Crippen LogP contribution in [0.5, 0.6) is 0 Å². The molecule has 1 aliphatic rings. The number of rotatable bonds is 6. The van der Waals surface area contributed by atoms with Crippen LogP contribution >= 0.6 is 0 Å². The lowest BCUT2D eigenvalue weighted by Crippen LogP contribution is -2.60. The topological polar surface area (TPSA) is 15.3 Å². The summed E-state index contributed by atoms with van der Waals surface area (Å²) in [6, 6.07) is 1.55. The van der Waals surface area contributed by atoms with Crippen LogP contribution in [0.3, 0.4) is 0 Å². The summed E-state index contributed by atoms with van der Waals surface area (Å²) < 4.78 is 0. The highest BCUT2D eigenvalue weighted by Crippen LogP contribution is 2.19. The highest BCUT2D eigenvalue weighted by Gasteiger charge is 2.29. The minimum absolute atomic E-state index is 0.743. The quantitative estimate of drug-likeness (QED) is 0.703. The third kappa shape index (κ3) is 2.71. The van der Waals surface area contributed by atoms with Gasteiger partial charge in [-0.15, -0.1) is 0 Å². The molecule has 2 unspecified atom stereocenters. The van der Waals surface area contributed by atoms with Crippen LogP contribution in [0.25, 0.3) is 0 Å². The molecule has 0 aromatic rings. The lowest BCUT2D eigenvalue weighted by atomic mass is 9.96. The zero-order valence-corrected chi connectivity index (χ0v) is 10.2. The van der Waals surface area contributed by atoms with Gasteiger partial charge in [-0.25, -0.2) is 0 Å². The summed E-state index contributed by atoms with van der Waals surface area (Å²) in [6.45, 7) is 13.0. The fourth-order valence-corrected chi connectivity index (χ4v) is 2.15. The summed E-state index contributed by atoms with van der Waals surface area (Å²) in [5.74, 6) is 0.821. The molecule has 0 spiro atoms. The first-order valence-electron chi connectivity index (χ1n) is 6.17. The molecule has 84 valence electrons. The molecule has 0 bridgehead atoms. The second-order valence-electron chi connectivity index (χ2n) is 4.68. The Labute approximate surface area is 89.1 Å². The average molecular weight is 198 g/mol. The van der Waals surface area contributed by atoms with Gasteiger partial charge in [0.1, 0.15) is 0 Å². The normalized spacial score (nSPS) is 22.1. The second kappa shape index (κ2) is 5.72. The van der Waals surface area contributed by atoms with Crippen LogP contribution in [0.1, 0.15) is 40.5 Å². The molecular weight excluding hydrogens is 172 g/mol. The van der Waals surface area contributed by atoms with E-state index in [4.69, 9.17) is 0 Å². The minimum Gasteiger partial charge on any atom is -0.314 e. The standard InChI is InChI=1S/C12H26N2/c1-5-7-14(12-8-13-9-12)11(4)10(3)6-2/h10-13H,5-9H2,1-4H3. The molecule has 2 nitrogen and oxygen atoms in total. The number of nitrogens with zero attached hydrogens (tertiary/aromatic N) is 1. The van der Waals surface area contributed by atoms with Gasteiger partial charge >= 0.3 is 0 Å². The number of nitrogens with one attached hydrogen (secondary N) is 1. The Morgan fingerprint density at radius 2 is 1.93 bits per heavy atom. The Morgan fingerprint density at radius 1 is 1.29 bits per heavy atom. The molecule has 1 fully saturated rings. The summed E-state index contributed by atoms with van der Waals surface area (Å²) in [4.78, 5) is 2.70. The molecule has 1 saturated heterocycles. The summed E-state index contributed by atoms with van der Waals surface area (Å²) >= 11 is 0. The molecule has 0 aromatic heterocycles. The van der Waals surface area contributed by atoms with E-state index in [-0.39, 0.29) is 0 Å². The van der Waals surface area contributed by atoms with Gasteiger partial charge < -0.3 is 5.32 Å². The van der Waals surface area contributed by atoms with Crippen LogP contribution < -0.4 is 5.32 Å². The van der Waals surface area contributed by atoms with Gasteiger partial charge in [0.05, 0.1) is 0 Å². The number of hydrogen-bond acceptors (Lipinski definition) is 2. The van der Waals surface area contributed by atoms with Crippen molar-refractivity contribution in [2.24, 2.45) is 5.92 Å². The lowest BCUT2D eigenvalue weighted by molar-refractivity contribution is 0.0743. The first-order valence-corrected chi connectivity index (χ1v) is 6.17. The van der Waals surface area contributed by atoms with Crippen LogP contribution in [0.15, 0.2) is 0 Å². The Kier molecular flexibility index (Phi) is 4.90. The van der Waals surface area contributed by atoms with E-state index >= 15 is 0 Å². The van der Waals surface area contributed by atoms with Gasteiger partial charge in [-0.1, -0.05) is 27.2 Å². The van der Waals surface area contributed by atoms with E-state index in [2.05, 4.69) is 37.9 Å². The van der Waals surface area contributed by atoms with E-state index < -0.39 is 0 Å². The van der Waals surface area contributed by atoms with Crippen LogP contribution in [-0.4, -0.2) is 36.6 Å². The van der Waals surface area contributed by atoms with E-state index in [0.29, 0.717) is 0 Å². The maximum atomic E-state index is 3.37. The molecule has 1 heterocycles. The summed E-state index contributed by atoms with van der Waals surface area (Å²) in [5, 5.41) is 3.37. The van der Waals surface area contributed by atoms with Crippen molar-refractivity contribution < 1.29 is 0 Å². The molecule has 0 saturated carbocycles. The lowest BCUT2D eigenvalue weighted by Gasteiger charge is -2.43. The van der Waals surface area contributed by atoms with Crippen molar-refractivity contribution in [3.05, 3.63) is 0 Å². The maximum Gasteiger partial charge on any atom is 0.0348 e. The van der Waals surface area contributed by atoms with Gasteiger partial charge in [-0.3, -0.25) is 4.90 Å². The Bertz CT molecular complexity index is 154. The highest BCUT2D eigenvalue weighted by atomic mass is 15.3. The molecular formula is C12H26N2. The van der Waals surface area contributed by atoms with Crippen molar-refractivity contribution in [2.75, 3.05) is 19.6 Å². The predicted octanol–water partition coefficient (Wildman–Crippen LogP) is 2.10. The van der Waals surface area contributed by atoms with E-state index in [1.165, 1.54) is 32.5 Å². The van der Waals surface area contributed by atoms with Gasteiger partial charge in [-0.05, 0) is 25.8 Å². The van der Waals surface area contributed by atoms with Crippen molar-refractivity contribution in [1.29, 1.82) is 0 Å². The Balaban J connectivity index is 2.47. The molecule has 1 N–H and O–H groups in total. The van der Waals surface area contributed by atoms with Crippen LogP contribution in [0.2, 0.25) is 0 Å². The van der Waals surface area contributed by atoms with Gasteiger partial charge in [0.15, 0.2) is 0 Å². The molecule has 2 atom stereocenters. The monoisotopic (exact) mass is 198 g/mol. The molecule has 1 rings (SSSR count). The third-order valence-electron chi connectivity index (χ3n) is 3.70. The highest BCUT2D eigenvalue weighted by molar-refractivity contribution is 4.88. The van der Waals surface area contributed by atoms with E-state index in [0.717, 1.165) is 18.0 Å². The average Bonchev–Trinajstić information content (AvgIpc) is 2.12. The SMILES string of the molecule is CCCN(C1CNC1)C(C)C(C)CC. The Hall–Kier alpha value is -0.0800. The molecule has 1 aliphatic heterocycles. The van der Waals surface area contributed by atoms with Crippen molar-refractivity contribution in [1.82, 2.24) is 10.2 Å². The maximum absolute atomic E-state index is 3.37. The molecule has 14 heavy (non-hydrogen) atoms. The van der Waals surface area contributed by atoms with E-state index in [1.807, 2.05) is 0 Å². The minimum atomic E-state index is 0.743. The van der Waals surface area contributed by atoms with Crippen molar-refractivity contribution >= 4 is 0 Å². The zero-order chi connectivity index (χ0) is 10.6. The van der Waals surface area contributed by atoms with Gasteiger partial charge in [0, 0.05) is 25.2 Å². The van der Waals surface area contributed by atoms with Crippen molar-refractivity contribution in [3.8, 4) is 0 Å². The fourth-order valence-electron chi connectivity index (χ4n) is 2.15. The van der Waals surface area contributed by atoms with Crippen molar-refractivity contribution in [2.45, 2.75) is 52.6 Å². The molecule has 0 amide bonds. The molecule has 0 aliphatic carbocycles. The fraction of sp³-hybridized carbons (Fsp3) is 1.00. The predicted molar refractivity (Wildman–Crippen MR) is 62.6 cm³/mol. The van der Waals surface area contributed by atoms with E-state index in [1.54, 1.807) is 0 Å². The van der Waals surface area contributed by atoms with Gasteiger partial charge in [-0.2, -0.15) is 0 Å². The smallest absolute Gasteiger partial charge is 0.0348 e. The van der Waals surface area contributed by atoms with Gasteiger partial charge in [0.25, 0.3) is 0 Å². The summed E-state index contributed by atoms with van der Waals surface area (Å²) in [6.07, 6.45) is 2.57. The third-order valence-corrected chi connectivity index (χ3v) is 3.70. The molecule has 2 heteroatoms. The molecule has 0 radical (unpaired) electrons. The second-order valence-corrected chi connectivity index (χ2v) is 4.68. The molecule has 0 aromatic carbocycles. The van der Waals surface area contributed by atoms with Crippen LogP contribution in [0.4, 0.5) is 0 Å². The first-order chi connectivity index (χ1) is 6.70. The Morgan fingerprint density at radius 3 is 2.29 bits per heavy atom. The van der Waals surface area contributed by atoms with Crippen LogP contribution in [0, 0.1) is 5.92 Å². The first kappa shape index (κ1) is 12.0.